The number of rotatable bonds is 5. The van der Waals surface area contributed by atoms with Gasteiger partial charge < -0.3 is 5.11 Å². The van der Waals surface area contributed by atoms with Gasteiger partial charge in [-0.25, -0.2) is 0 Å². The van der Waals surface area contributed by atoms with Crippen LogP contribution in [0.3, 0.4) is 0 Å². The number of thioether (sulfide) groups is 1. The smallest absolute Gasteiger partial charge is 0.151 e. The molecule has 0 aromatic carbocycles. The van der Waals surface area contributed by atoms with Crippen molar-refractivity contribution in [3.63, 3.8) is 0 Å². The maximum absolute atomic E-state index is 8.71. The SMILES string of the molecule is CC(CCO)SCc1ccc(Cl)nn1. The third kappa shape index (κ3) is 4.26. The molecule has 0 saturated carbocycles. The second kappa shape index (κ2) is 6.22. The summed E-state index contributed by atoms with van der Waals surface area (Å²) in [6, 6.07) is 3.61. The first kappa shape index (κ1) is 11.8. The van der Waals surface area contributed by atoms with Gasteiger partial charge in [-0.05, 0) is 18.6 Å². The molecular weight excluding hydrogens is 220 g/mol. The Labute approximate surface area is 92.9 Å². The molecule has 1 aromatic rings. The maximum Gasteiger partial charge on any atom is 0.151 e. The average Bonchev–Trinajstić information content (AvgIpc) is 2.17. The number of aliphatic hydroxyl groups excluding tert-OH is 1. The molecule has 0 aliphatic heterocycles. The summed E-state index contributed by atoms with van der Waals surface area (Å²) in [4.78, 5) is 0. The van der Waals surface area contributed by atoms with Gasteiger partial charge in [-0.3, -0.25) is 0 Å². The minimum atomic E-state index is 0.237. The van der Waals surface area contributed by atoms with Crippen molar-refractivity contribution >= 4 is 23.4 Å². The van der Waals surface area contributed by atoms with Gasteiger partial charge >= 0.3 is 0 Å². The predicted octanol–water partition coefficient (Wildman–Crippen LogP) is 2.13. The molecule has 0 saturated heterocycles. The highest BCUT2D eigenvalue weighted by Gasteiger charge is 2.03. The number of hydrogen-bond donors (Lipinski definition) is 1. The molecule has 1 rings (SSSR count). The molecule has 1 unspecified atom stereocenters. The number of aromatic nitrogens is 2. The van der Waals surface area contributed by atoms with Gasteiger partial charge in [0, 0.05) is 17.6 Å². The van der Waals surface area contributed by atoms with Gasteiger partial charge in [-0.2, -0.15) is 16.9 Å². The van der Waals surface area contributed by atoms with Crippen molar-refractivity contribution in [3.8, 4) is 0 Å². The summed E-state index contributed by atoms with van der Waals surface area (Å²) in [7, 11) is 0. The highest BCUT2D eigenvalue weighted by atomic mass is 35.5. The Hall–Kier alpha value is -0.320. The highest BCUT2D eigenvalue weighted by molar-refractivity contribution is 7.99. The topological polar surface area (TPSA) is 46.0 Å². The van der Waals surface area contributed by atoms with E-state index in [1.807, 2.05) is 6.07 Å². The summed E-state index contributed by atoms with van der Waals surface area (Å²) in [5, 5.41) is 17.3. The lowest BCUT2D eigenvalue weighted by Gasteiger charge is -2.07. The molecular formula is C9H13ClN2OS. The van der Waals surface area contributed by atoms with Crippen LogP contribution in [0, 0.1) is 0 Å². The van der Waals surface area contributed by atoms with E-state index in [0.29, 0.717) is 10.4 Å². The van der Waals surface area contributed by atoms with Crippen LogP contribution in [0.5, 0.6) is 0 Å². The summed E-state index contributed by atoms with van der Waals surface area (Å²) in [6.07, 6.45) is 0.811. The Balaban J connectivity index is 2.34. The monoisotopic (exact) mass is 232 g/mol. The van der Waals surface area contributed by atoms with Gasteiger partial charge in [0.05, 0.1) is 5.69 Å². The van der Waals surface area contributed by atoms with E-state index in [4.69, 9.17) is 16.7 Å². The van der Waals surface area contributed by atoms with Crippen LogP contribution in [0.15, 0.2) is 12.1 Å². The van der Waals surface area contributed by atoms with Crippen molar-refractivity contribution in [2.45, 2.75) is 24.3 Å². The molecule has 0 aliphatic carbocycles. The lowest BCUT2D eigenvalue weighted by atomic mass is 10.3. The molecule has 1 aromatic heterocycles. The zero-order chi connectivity index (χ0) is 10.4. The zero-order valence-corrected chi connectivity index (χ0v) is 9.55. The van der Waals surface area contributed by atoms with Crippen LogP contribution in [0.2, 0.25) is 5.15 Å². The molecule has 1 heterocycles. The van der Waals surface area contributed by atoms with E-state index in [-0.39, 0.29) is 6.61 Å². The first-order valence-corrected chi connectivity index (χ1v) is 5.85. The lowest BCUT2D eigenvalue weighted by molar-refractivity contribution is 0.289. The van der Waals surface area contributed by atoms with Crippen molar-refractivity contribution < 1.29 is 5.11 Å². The normalized spacial score (nSPS) is 12.8. The van der Waals surface area contributed by atoms with Crippen LogP contribution in [0.1, 0.15) is 19.0 Å². The minimum absolute atomic E-state index is 0.237. The number of halogens is 1. The van der Waals surface area contributed by atoms with Gasteiger partial charge in [0.1, 0.15) is 0 Å². The van der Waals surface area contributed by atoms with Crippen LogP contribution >= 0.6 is 23.4 Å². The summed E-state index contributed by atoms with van der Waals surface area (Å²) in [5.74, 6) is 0.811. The molecule has 3 nitrogen and oxygen atoms in total. The summed E-state index contributed by atoms with van der Waals surface area (Å²) >= 11 is 7.36. The van der Waals surface area contributed by atoms with Crippen LogP contribution in [0.25, 0.3) is 0 Å². The highest BCUT2D eigenvalue weighted by Crippen LogP contribution is 2.18. The van der Waals surface area contributed by atoms with Crippen molar-refractivity contribution in [1.29, 1.82) is 0 Å². The summed E-state index contributed by atoms with van der Waals surface area (Å²) in [6.45, 7) is 2.32. The Bertz CT molecular complexity index is 268. The molecule has 78 valence electrons. The molecule has 0 spiro atoms. The Morgan fingerprint density at radius 3 is 2.86 bits per heavy atom. The van der Waals surface area contributed by atoms with Crippen LogP contribution in [0.4, 0.5) is 0 Å². The van der Waals surface area contributed by atoms with Crippen LogP contribution < -0.4 is 0 Å². The van der Waals surface area contributed by atoms with E-state index in [9.17, 15) is 0 Å². The van der Waals surface area contributed by atoms with Crippen molar-refractivity contribution in [1.82, 2.24) is 10.2 Å². The van der Waals surface area contributed by atoms with Crippen molar-refractivity contribution in [3.05, 3.63) is 23.0 Å². The van der Waals surface area contributed by atoms with Gasteiger partial charge in [-0.15, -0.1) is 5.10 Å². The largest absolute Gasteiger partial charge is 0.396 e. The maximum atomic E-state index is 8.71. The molecule has 0 fully saturated rings. The fourth-order valence-corrected chi connectivity index (χ4v) is 1.90. The Morgan fingerprint density at radius 2 is 2.29 bits per heavy atom. The lowest BCUT2D eigenvalue weighted by Crippen LogP contribution is -2.01. The summed E-state index contributed by atoms with van der Waals surface area (Å²) in [5.41, 5.74) is 0.921. The molecule has 1 atom stereocenters. The van der Waals surface area contributed by atoms with Crippen molar-refractivity contribution in [2.24, 2.45) is 0 Å². The number of hydrogen-bond acceptors (Lipinski definition) is 4. The average molecular weight is 233 g/mol. The molecule has 0 bridgehead atoms. The van der Waals surface area contributed by atoms with E-state index in [1.54, 1.807) is 17.8 Å². The molecule has 1 N–H and O–H groups in total. The number of aliphatic hydroxyl groups is 1. The van der Waals surface area contributed by atoms with Gasteiger partial charge in [0.2, 0.25) is 0 Å². The molecule has 0 radical (unpaired) electrons. The van der Waals surface area contributed by atoms with E-state index < -0.39 is 0 Å². The van der Waals surface area contributed by atoms with E-state index >= 15 is 0 Å². The standard InChI is InChI=1S/C9H13ClN2OS/c1-7(4-5-13)14-6-8-2-3-9(10)12-11-8/h2-3,7,13H,4-6H2,1H3. The third-order valence-corrected chi connectivity index (χ3v) is 3.21. The van der Waals surface area contributed by atoms with Gasteiger partial charge in [0.15, 0.2) is 5.15 Å². The quantitative estimate of drug-likeness (QED) is 0.845. The first-order valence-electron chi connectivity index (χ1n) is 4.43. The molecule has 0 aliphatic rings. The van der Waals surface area contributed by atoms with E-state index in [1.165, 1.54) is 0 Å². The minimum Gasteiger partial charge on any atom is -0.396 e. The molecule has 0 amide bonds. The van der Waals surface area contributed by atoms with Crippen LogP contribution in [-0.2, 0) is 5.75 Å². The summed E-state index contributed by atoms with van der Waals surface area (Å²) < 4.78 is 0. The third-order valence-electron chi connectivity index (χ3n) is 1.74. The van der Waals surface area contributed by atoms with E-state index in [0.717, 1.165) is 17.9 Å². The fourth-order valence-electron chi connectivity index (χ4n) is 0.913. The first-order chi connectivity index (χ1) is 6.72. The van der Waals surface area contributed by atoms with Crippen LogP contribution in [-0.4, -0.2) is 27.2 Å². The van der Waals surface area contributed by atoms with Gasteiger partial charge in [0.25, 0.3) is 0 Å². The predicted molar refractivity (Wildman–Crippen MR) is 59.5 cm³/mol. The second-order valence-electron chi connectivity index (χ2n) is 2.98. The van der Waals surface area contributed by atoms with Gasteiger partial charge in [-0.1, -0.05) is 18.5 Å². The van der Waals surface area contributed by atoms with E-state index in [2.05, 4.69) is 17.1 Å². The Morgan fingerprint density at radius 1 is 1.50 bits per heavy atom. The molecule has 5 heteroatoms. The fraction of sp³-hybridized carbons (Fsp3) is 0.556. The second-order valence-corrected chi connectivity index (χ2v) is 4.80. The molecule has 14 heavy (non-hydrogen) atoms. The number of nitrogens with zero attached hydrogens (tertiary/aromatic N) is 2. The zero-order valence-electron chi connectivity index (χ0n) is 7.98. The Kier molecular flexibility index (Phi) is 5.22. The van der Waals surface area contributed by atoms with Crippen molar-refractivity contribution in [2.75, 3.05) is 6.61 Å².